The van der Waals surface area contributed by atoms with E-state index in [0.717, 1.165) is 31.6 Å². The average Bonchev–Trinajstić information content (AvgIpc) is 2.78. The topological polar surface area (TPSA) is 69.2 Å². The maximum absolute atomic E-state index is 10.8. The summed E-state index contributed by atoms with van der Waals surface area (Å²) in [5.74, 6) is -0.587. The lowest BCUT2D eigenvalue weighted by atomic mass is 9.94. The fourth-order valence-electron chi connectivity index (χ4n) is 2.38. The number of likely N-dealkylation sites (tertiary alicyclic amines) is 1. The van der Waals surface area contributed by atoms with Crippen molar-refractivity contribution >= 4 is 5.97 Å². The third-order valence-corrected chi connectivity index (χ3v) is 3.44. The normalized spacial score (nSPS) is 21.9. The summed E-state index contributed by atoms with van der Waals surface area (Å²) in [4.78, 5) is 13.2. The van der Waals surface area contributed by atoms with E-state index in [0.29, 0.717) is 12.0 Å². The minimum Gasteiger partial charge on any atom is -0.476 e. The smallest absolute Gasteiger partial charge is 0.356 e. The predicted molar refractivity (Wildman–Crippen MR) is 64.2 cm³/mol. The molecule has 1 aromatic rings. The van der Waals surface area contributed by atoms with Gasteiger partial charge in [-0.3, -0.25) is 5.10 Å². The van der Waals surface area contributed by atoms with E-state index in [2.05, 4.69) is 28.9 Å². The SMILES string of the molecule is CC(C)N1CCCC(c2cc(C(=O)O)n[nH]2)C1. The van der Waals surface area contributed by atoms with Gasteiger partial charge in [0.1, 0.15) is 0 Å². The van der Waals surface area contributed by atoms with Gasteiger partial charge in [0.15, 0.2) is 5.69 Å². The molecular weight excluding hydrogens is 218 g/mol. The zero-order chi connectivity index (χ0) is 12.4. The predicted octanol–water partition coefficient (Wildman–Crippen LogP) is 1.70. The molecule has 0 aliphatic carbocycles. The van der Waals surface area contributed by atoms with Crippen LogP contribution < -0.4 is 0 Å². The number of carboxylic acid groups (broad SMARTS) is 1. The van der Waals surface area contributed by atoms with E-state index in [1.54, 1.807) is 6.07 Å². The van der Waals surface area contributed by atoms with Crippen molar-refractivity contribution in [2.45, 2.75) is 38.6 Å². The Hall–Kier alpha value is -1.36. The van der Waals surface area contributed by atoms with Gasteiger partial charge >= 0.3 is 5.97 Å². The van der Waals surface area contributed by atoms with Crippen LogP contribution in [0.15, 0.2) is 6.07 Å². The van der Waals surface area contributed by atoms with Crippen molar-refractivity contribution in [1.82, 2.24) is 15.1 Å². The van der Waals surface area contributed by atoms with Gasteiger partial charge in [0.25, 0.3) is 0 Å². The van der Waals surface area contributed by atoms with E-state index in [1.807, 2.05) is 0 Å². The Bertz CT molecular complexity index is 400. The summed E-state index contributed by atoms with van der Waals surface area (Å²) in [6, 6.07) is 2.20. The summed E-state index contributed by atoms with van der Waals surface area (Å²) >= 11 is 0. The Balaban J connectivity index is 2.08. The van der Waals surface area contributed by atoms with Gasteiger partial charge in [-0.1, -0.05) is 0 Å². The molecule has 1 saturated heterocycles. The largest absolute Gasteiger partial charge is 0.476 e. The number of nitrogens with zero attached hydrogens (tertiary/aromatic N) is 2. The van der Waals surface area contributed by atoms with Crippen LogP contribution in [0.5, 0.6) is 0 Å². The first-order valence-electron chi connectivity index (χ1n) is 6.10. The number of H-pyrrole nitrogens is 1. The molecule has 1 unspecified atom stereocenters. The molecule has 2 N–H and O–H groups in total. The van der Waals surface area contributed by atoms with Gasteiger partial charge in [0.05, 0.1) is 0 Å². The van der Waals surface area contributed by atoms with Gasteiger partial charge in [-0.2, -0.15) is 5.10 Å². The van der Waals surface area contributed by atoms with Crippen LogP contribution in [0.3, 0.4) is 0 Å². The van der Waals surface area contributed by atoms with Crippen LogP contribution in [-0.2, 0) is 0 Å². The molecule has 1 fully saturated rings. The van der Waals surface area contributed by atoms with Crippen molar-refractivity contribution in [3.05, 3.63) is 17.5 Å². The fraction of sp³-hybridized carbons (Fsp3) is 0.667. The standard InChI is InChI=1S/C12H19N3O2/c1-8(2)15-5-3-4-9(7-15)10-6-11(12(16)17)14-13-10/h6,8-9H,3-5,7H2,1-2H3,(H,13,14)(H,16,17). The van der Waals surface area contributed by atoms with Gasteiger partial charge in [-0.25, -0.2) is 4.79 Å². The zero-order valence-electron chi connectivity index (χ0n) is 10.3. The summed E-state index contributed by atoms with van der Waals surface area (Å²) in [7, 11) is 0. The fourth-order valence-corrected chi connectivity index (χ4v) is 2.38. The molecule has 0 radical (unpaired) electrons. The maximum Gasteiger partial charge on any atom is 0.356 e. The highest BCUT2D eigenvalue weighted by Gasteiger charge is 2.24. The molecule has 5 nitrogen and oxygen atoms in total. The third-order valence-electron chi connectivity index (χ3n) is 3.44. The summed E-state index contributed by atoms with van der Waals surface area (Å²) in [5.41, 5.74) is 1.06. The lowest BCUT2D eigenvalue weighted by molar-refractivity contribution is 0.0690. The first kappa shape index (κ1) is 12.1. The van der Waals surface area contributed by atoms with Crippen molar-refractivity contribution in [2.24, 2.45) is 0 Å². The molecule has 1 aliphatic heterocycles. The molecular formula is C12H19N3O2. The van der Waals surface area contributed by atoms with E-state index in [-0.39, 0.29) is 5.69 Å². The van der Waals surface area contributed by atoms with Crippen LogP contribution in [0, 0.1) is 0 Å². The molecule has 2 heterocycles. The van der Waals surface area contributed by atoms with Crippen molar-refractivity contribution in [3.8, 4) is 0 Å². The zero-order valence-corrected chi connectivity index (χ0v) is 10.3. The second-order valence-corrected chi connectivity index (χ2v) is 4.94. The number of carboxylic acids is 1. The Kier molecular flexibility index (Phi) is 3.47. The number of hydrogen-bond acceptors (Lipinski definition) is 3. The maximum atomic E-state index is 10.8. The average molecular weight is 237 g/mol. The summed E-state index contributed by atoms with van der Waals surface area (Å²) in [6.45, 7) is 6.50. The molecule has 0 saturated carbocycles. The summed E-state index contributed by atoms with van der Waals surface area (Å²) in [5, 5.41) is 15.5. The molecule has 1 aliphatic rings. The number of aromatic nitrogens is 2. The van der Waals surface area contributed by atoms with Crippen molar-refractivity contribution < 1.29 is 9.90 Å². The molecule has 0 spiro atoms. The van der Waals surface area contributed by atoms with Gasteiger partial charge in [0, 0.05) is 24.2 Å². The Morgan fingerprint density at radius 3 is 3.00 bits per heavy atom. The second kappa shape index (κ2) is 4.87. The Labute approximate surface area is 101 Å². The number of rotatable bonds is 3. The minimum absolute atomic E-state index is 0.113. The summed E-state index contributed by atoms with van der Waals surface area (Å²) in [6.07, 6.45) is 2.26. The van der Waals surface area contributed by atoms with E-state index in [4.69, 9.17) is 5.11 Å². The van der Waals surface area contributed by atoms with E-state index in [1.165, 1.54) is 0 Å². The van der Waals surface area contributed by atoms with Crippen molar-refractivity contribution in [3.63, 3.8) is 0 Å². The molecule has 94 valence electrons. The molecule has 0 amide bonds. The summed E-state index contributed by atoms with van der Waals surface area (Å²) < 4.78 is 0. The lowest BCUT2D eigenvalue weighted by Crippen LogP contribution is -2.39. The first-order valence-corrected chi connectivity index (χ1v) is 6.10. The van der Waals surface area contributed by atoms with Crippen LogP contribution in [0.1, 0.15) is 48.8 Å². The molecule has 0 bridgehead atoms. The molecule has 2 rings (SSSR count). The van der Waals surface area contributed by atoms with E-state index >= 15 is 0 Å². The lowest BCUT2D eigenvalue weighted by Gasteiger charge is -2.34. The van der Waals surface area contributed by atoms with E-state index in [9.17, 15) is 4.79 Å². The second-order valence-electron chi connectivity index (χ2n) is 4.94. The quantitative estimate of drug-likeness (QED) is 0.839. The van der Waals surface area contributed by atoms with Gasteiger partial charge in [-0.05, 0) is 39.3 Å². The van der Waals surface area contributed by atoms with Crippen LogP contribution in [0.4, 0.5) is 0 Å². The third kappa shape index (κ3) is 2.66. The number of nitrogens with one attached hydrogen (secondary N) is 1. The Morgan fingerprint density at radius 1 is 1.65 bits per heavy atom. The van der Waals surface area contributed by atoms with Gasteiger partial charge in [0.2, 0.25) is 0 Å². The van der Waals surface area contributed by atoms with Gasteiger partial charge < -0.3 is 10.0 Å². The molecule has 17 heavy (non-hydrogen) atoms. The Morgan fingerprint density at radius 2 is 2.41 bits per heavy atom. The molecule has 5 heteroatoms. The highest BCUT2D eigenvalue weighted by atomic mass is 16.4. The van der Waals surface area contributed by atoms with Gasteiger partial charge in [-0.15, -0.1) is 0 Å². The number of aromatic amines is 1. The van der Waals surface area contributed by atoms with Crippen LogP contribution in [-0.4, -0.2) is 45.3 Å². The van der Waals surface area contributed by atoms with Crippen molar-refractivity contribution in [1.29, 1.82) is 0 Å². The minimum atomic E-state index is -0.968. The molecule has 1 aromatic heterocycles. The first-order chi connectivity index (χ1) is 8.08. The highest BCUT2D eigenvalue weighted by molar-refractivity contribution is 5.85. The van der Waals surface area contributed by atoms with Crippen LogP contribution in [0.25, 0.3) is 0 Å². The van der Waals surface area contributed by atoms with E-state index < -0.39 is 5.97 Å². The number of carbonyl (C=O) groups is 1. The molecule has 0 aromatic carbocycles. The monoisotopic (exact) mass is 237 g/mol. The van der Waals surface area contributed by atoms with Crippen molar-refractivity contribution in [2.75, 3.05) is 13.1 Å². The number of piperidine rings is 1. The van der Waals surface area contributed by atoms with Crippen LogP contribution >= 0.6 is 0 Å². The number of aromatic carboxylic acids is 1. The number of hydrogen-bond donors (Lipinski definition) is 2. The molecule has 1 atom stereocenters. The highest BCUT2D eigenvalue weighted by Crippen LogP contribution is 2.26. The van der Waals surface area contributed by atoms with Crippen LogP contribution in [0.2, 0.25) is 0 Å².